The summed E-state index contributed by atoms with van der Waals surface area (Å²) in [4.78, 5) is 14.3. The molecular formula is C16H28N2O. The molecule has 2 atom stereocenters. The fourth-order valence-corrected chi connectivity index (χ4v) is 4.36. The molecule has 3 aliphatic rings. The molecule has 0 radical (unpaired) electrons. The molecule has 1 N–H and O–H groups in total. The van der Waals surface area contributed by atoms with Crippen LogP contribution in [0.25, 0.3) is 0 Å². The number of nitrogens with zero attached hydrogens (tertiary/aromatic N) is 1. The zero-order valence-corrected chi connectivity index (χ0v) is 12.1. The largest absolute Gasteiger partial charge is 0.356 e. The van der Waals surface area contributed by atoms with Crippen molar-refractivity contribution in [2.45, 2.75) is 51.4 Å². The van der Waals surface area contributed by atoms with Crippen molar-refractivity contribution in [1.82, 2.24) is 10.2 Å². The fourth-order valence-electron chi connectivity index (χ4n) is 4.36. The van der Waals surface area contributed by atoms with Gasteiger partial charge in [0.1, 0.15) is 0 Å². The minimum absolute atomic E-state index is 0.285. The summed E-state index contributed by atoms with van der Waals surface area (Å²) in [5.41, 5.74) is 0. The third-order valence-corrected chi connectivity index (χ3v) is 5.50. The van der Waals surface area contributed by atoms with E-state index < -0.39 is 0 Å². The summed E-state index contributed by atoms with van der Waals surface area (Å²) in [6.45, 7) is 4.70. The second-order valence-corrected chi connectivity index (χ2v) is 6.92. The number of fused-ring (bicyclic) bond motifs is 1. The maximum absolute atomic E-state index is 11.6. The number of likely N-dealkylation sites (tertiary alicyclic amines) is 1. The molecule has 3 fully saturated rings. The molecule has 3 nitrogen and oxygen atoms in total. The van der Waals surface area contributed by atoms with Crippen molar-refractivity contribution in [1.29, 1.82) is 0 Å². The Kier molecular flexibility index (Phi) is 4.42. The van der Waals surface area contributed by atoms with E-state index >= 15 is 0 Å². The highest BCUT2D eigenvalue weighted by Crippen LogP contribution is 2.32. The first kappa shape index (κ1) is 13.4. The van der Waals surface area contributed by atoms with Crippen LogP contribution in [0.2, 0.25) is 0 Å². The zero-order valence-electron chi connectivity index (χ0n) is 12.1. The van der Waals surface area contributed by atoms with E-state index in [9.17, 15) is 4.79 Å². The molecule has 1 amide bonds. The molecule has 2 saturated heterocycles. The minimum atomic E-state index is 0.285. The number of amides is 1. The summed E-state index contributed by atoms with van der Waals surface area (Å²) in [6, 6.07) is 0. The Hall–Kier alpha value is -0.570. The van der Waals surface area contributed by atoms with Crippen LogP contribution >= 0.6 is 0 Å². The van der Waals surface area contributed by atoms with Crippen LogP contribution in [0.15, 0.2) is 0 Å². The Morgan fingerprint density at radius 3 is 2.74 bits per heavy atom. The van der Waals surface area contributed by atoms with Gasteiger partial charge in [-0.1, -0.05) is 19.3 Å². The van der Waals surface area contributed by atoms with Gasteiger partial charge < -0.3 is 10.2 Å². The molecule has 0 bridgehead atoms. The van der Waals surface area contributed by atoms with Crippen LogP contribution in [-0.2, 0) is 4.79 Å². The molecule has 2 heterocycles. The molecule has 0 aromatic rings. The van der Waals surface area contributed by atoms with Gasteiger partial charge in [0.05, 0.1) is 0 Å². The van der Waals surface area contributed by atoms with Crippen molar-refractivity contribution >= 4 is 5.91 Å². The third-order valence-electron chi connectivity index (χ3n) is 5.50. The Bertz CT molecular complexity index is 312. The van der Waals surface area contributed by atoms with E-state index in [1.165, 1.54) is 64.6 Å². The number of carbonyl (C=O) groups excluding carboxylic acids is 1. The summed E-state index contributed by atoms with van der Waals surface area (Å²) in [7, 11) is 0. The van der Waals surface area contributed by atoms with Crippen LogP contribution in [0.5, 0.6) is 0 Å². The van der Waals surface area contributed by atoms with Crippen LogP contribution in [0, 0.1) is 17.8 Å². The standard InChI is InChI=1S/C16H28N2O/c19-16-10-14-7-9-18(12-15(14)6-8-17-16)11-13-4-2-1-3-5-13/h13-15H,1-12H2,(H,17,19). The Labute approximate surface area is 117 Å². The van der Waals surface area contributed by atoms with Gasteiger partial charge in [0.2, 0.25) is 5.91 Å². The number of nitrogens with one attached hydrogen (secondary N) is 1. The van der Waals surface area contributed by atoms with Crippen molar-refractivity contribution in [2.75, 3.05) is 26.2 Å². The van der Waals surface area contributed by atoms with Gasteiger partial charge in [0, 0.05) is 26.1 Å². The van der Waals surface area contributed by atoms with E-state index in [4.69, 9.17) is 0 Å². The van der Waals surface area contributed by atoms with E-state index in [2.05, 4.69) is 10.2 Å². The van der Waals surface area contributed by atoms with E-state index in [0.29, 0.717) is 5.92 Å². The Morgan fingerprint density at radius 2 is 1.89 bits per heavy atom. The lowest BCUT2D eigenvalue weighted by atomic mass is 9.81. The summed E-state index contributed by atoms with van der Waals surface area (Å²) in [5.74, 6) is 2.66. The Morgan fingerprint density at radius 1 is 1.05 bits per heavy atom. The van der Waals surface area contributed by atoms with Crippen molar-refractivity contribution in [3.63, 3.8) is 0 Å². The highest BCUT2D eigenvalue weighted by molar-refractivity contribution is 5.76. The van der Waals surface area contributed by atoms with Crippen LogP contribution in [0.3, 0.4) is 0 Å². The first-order chi connectivity index (χ1) is 9.31. The fraction of sp³-hybridized carbons (Fsp3) is 0.938. The van der Waals surface area contributed by atoms with E-state index in [-0.39, 0.29) is 5.91 Å². The topological polar surface area (TPSA) is 32.3 Å². The Balaban J connectivity index is 1.51. The lowest BCUT2D eigenvalue weighted by Gasteiger charge is -2.39. The van der Waals surface area contributed by atoms with E-state index in [0.717, 1.165) is 24.8 Å². The number of hydrogen-bond acceptors (Lipinski definition) is 2. The molecule has 3 heteroatoms. The molecule has 0 aromatic heterocycles. The molecule has 108 valence electrons. The molecule has 1 aliphatic carbocycles. The normalized spacial score (nSPS) is 34.4. The number of hydrogen-bond donors (Lipinski definition) is 1. The van der Waals surface area contributed by atoms with Gasteiger partial charge in [-0.25, -0.2) is 0 Å². The van der Waals surface area contributed by atoms with Gasteiger partial charge in [0.15, 0.2) is 0 Å². The molecular weight excluding hydrogens is 236 g/mol. The van der Waals surface area contributed by atoms with Crippen LogP contribution < -0.4 is 5.32 Å². The summed E-state index contributed by atoms with van der Waals surface area (Å²) in [5, 5.41) is 3.04. The number of rotatable bonds is 2. The molecule has 0 spiro atoms. The lowest BCUT2D eigenvalue weighted by molar-refractivity contribution is -0.121. The average Bonchev–Trinajstić information content (AvgIpc) is 2.60. The summed E-state index contributed by atoms with van der Waals surface area (Å²) >= 11 is 0. The van der Waals surface area contributed by atoms with Gasteiger partial charge in [-0.15, -0.1) is 0 Å². The second kappa shape index (κ2) is 6.25. The van der Waals surface area contributed by atoms with Crippen molar-refractivity contribution < 1.29 is 4.79 Å². The van der Waals surface area contributed by atoms with Crippen molar-refractivity contribution in [2.24, 2.45) is 17.8 Å². The first-order valence-electron chi connectivity index (χ1n) is 8.30. The van der Waals surface area contributed by atoms with Gasteiger partial charge in [0.25, 0.3) is 0 Å². The smallest absolute Gasteiger partial charge is 0.220 e. The highest BCUT2D eigenvalue weighted by atomic mass is 16.1. The van der Waals surface area contributed by atoms with Crippen molar-refractivity contribution in [3.05, 3.63) is 0 Å². The number of carbonyl (C=O) groups is 1. The average molecular weight is 264 g/mol. The van der Waals surface area contributed by atoms with Crippen LogP contribution in [0.1, 0.15) is 51.4 Å². The maximum Gasteiger partial charge on any atom is 0.220 e. The predicted molar refractivity (Wildman–Crippen MR) is 76.9 cm³/mol. The maximum atomic E-state index is 11.6. The van der Waals surface area contributed by atoms with Gasteiger partial charge in [-0.05, 0) is 50.0 Å². The molecule has 2 aliphatic heterocycles. The number of piperidine rings is 1. The quantitative estimate of drug-likeness (QED) is 0.830. The summed E-state index contributed by atoms with van der Waals surface area (Å²) in [6.07, 6.45) is 10.5. The second-order valence-electron chi connectivity index (χ2n) is 6.92. The zero-order chi connectivity index (χ0) is 13.1. The first-order valence-corrected chi connectivity index (χ1v) is 8.30. The van der Waals surface area contributed by atoms with Gasteiger partial charge in [-0.3, -0.25) is 4.79 Å². The SMILES string of the molecule is O=C1CC2CCN(CC3CCCCC3)CC2CCN1. The molecule has 2 unspecified atom stereocenters. The summed E-state index contributed by atoms with van der Waals surface area (Å²) < 4.78 is 0. The monoisotopic (exact) mass is 264 g/mol. The lowest BCUT2D eigenvalue weighted by Crippen LogP contribution is -2.43. The molecule has 0 aromatic carbocycles. The molecule has 19 heavy (non-hydrogen) atoms. The van der Waals surface area contributed by atoms with E-state index in [1.54, 1.807) is 0 Å². The van der Waals surface area contributed by atoms with Gasteiger partial charge in [-0.2, -0.15) is 0 Å². The third kappa shape index (κ3) is 3.50. The predicted octanol–water partition coefficient (Wildman–Crippen LogP) is 2.41. The van der Waals surface area contributed by atoms with Crippen LogP contribution in [0.4, 0.5) is 0 Å². The van der Waals surface area contributed by atoms with E-state index in [1.807, 2.05) is 0 Å². The highest BCUT2D eigenvalue weighted by Gasteiger charge is 2.33. The van der Waals surface area contributed by atoms with Crippen molar-refractivity contribution in [3.8, 4) is 0 Å². The minimum Gasteiger partial charge on any atom is -0.356 e. The van der Waals surface area contributed by atoms with Crippen LogP contribution in [-0.4, -0.2) is 37.0 Å². The van der Waals surface area contributed by atoms with Gasteiger partial charge >= 0.3 is 0 Å². The molecule has 3 rings (SSSR count). The molecule has 1 saturated carbocycles.